The SMILES string of the molecule is CC[C@@H](N)C(=O)N(Cc1ccccc1)C(C)C. The summed E-state index contributed by atoms with van der Waals surface area (Å²) >= 11 is 0. The van der Waals surface area contributed by atoms with Crippen molar-refractivity contribution in [3.63, 3.8) is 0 Å². The number of benzene rings is 1. The number of nitrogens with zero attached hydrogens (tertiary/aromatic N) is 1. The minimum atomic E-state index is -0.388. The number of carbonyl (C=O) groups is 1. The topological polar surface area (TPSA) is 46.3 Å². The molecule has 0 bridgehead atoms. The highest BCUT2D eigenvalue weighted by Gasteiger charge is 2.21. The highest BCUT2D eigenvalue weighted by molar-refractivity contribution is 5.81. The standard InChI is InChI=1S/C14H22N2O/c1-4-13(15)14(17)16(11(2)3)10-12-8-6-5-7-9-12/h5-9,11,13H,4,10,15H2,1-3H3/t13-/m1/s1. The van der Waals surface area contributed by atoms with E-state index in [2.05, 4.69) is 0 Å². The molecule has 3 heteroatoms. The predicted octanol–water partition coefficient (Wildman–Crippen LogP) is 2.16. The molecule has 94 valence electrons. The molecule has 0 radical (unpaired) electrons. The maximum atomic E-state index is 12.1. The van der Waals surface area contributed by atoms with E-state index in [0.29, 0.717) is 13.0 Å². The average Bonchev–Trinajstić information content (AvgIpc) is 2.35. The number of rotatable bonds is 5. The monoisotopic (exact) mass is 234 g/mol. The summed E-state index contributed by atoms with van der Waals surface area (Å²) in [4.78, 5) is 14.0. The number of nitrogens with two attached hydrogens (primary N) is 1. The van der Waals surface area contributed by atoms with Gasteiger partial charge in [-0.25, -0.2) is 0 Å². The van der Waals surface area contributed by atoms with E-state index in [1.165, 1.54) is 0 Å². The van der Waals surface area contributed by atoms with Gasteiger partial charge in [0.2, 0.25) is 5.91 Å². The minimum absolute atomic E-state index is 0.0337. The van der Waals surface area contributed by atoms with Crippen molar-refractivity contribution in [2.24, 2.45) is 5.73 Å². The largest absolute Gasteiger partial charge is 0.335 e. The fourth-order valence-electron chi connectivity index (χ4n) is 1.68. The Kier molecular flexibility index (Phi) is 5.16. The summed E-state index contributed by atoms with van der Waals surface area (Å²) in [5, 5.41) is 0. The van der Waals surface area contributed by atoms with Gasteiger partial charge in [-0.3, -0.25) is 4.79 Å². The van der Waals surface area contributed by atoms with Crippen molar-refractivity contribution >= 4 is 5.91 Å². The maximum absolute atomic E-state index is 12.1. The molecule has 17 heavy (non-hydrogen) atoms. The average molecular weight is 234 g/mol. The lowest BCUT2D eigenvalue weighted by Crippen LogP contribution is -2.46. The molecule has 1 aromatic rings. The third-order valence-corrected chi connectivity index (χ3v) is 2.86. The molecular weight excluding hydrogens is 212 g/mol. The number of carbonyl (C=O) groups excluding carboxylic acids is 1. The Hall–Kier alpha value is -1.35. The molecule has 0 saturated carbocycles. The zero-order valence-corrected chi connectivity index (χ0v) is 10.9. The summed E-state index contributed by atoms with van der Waals surface area (Å²) in [5.41, 5.74) is 6.95. The first kappa shape index (κ1) is 13.7. The van der Waals surface area contributed by atoms with E-state index in [9.17, 15) is 4.79 Å². The van der Waals surface area contributed by atoms with E-state index in [4.69, 9.17) is 5.73 Å². The van der Waals surface area contributed by atoms with Crippen LogP contribution in [0.5, 0.6) is 0 Å². The fraction of sp³-hybridized carbons (Fsp3) is 0.500. The van der Waals surface area contributed by atoms with Crippen LogP contribution in [0.2, 0.25) is 0 Å². The third-order valence-electron chi connectivity index (χ3n) is 2.86. The summed E-state index contributed by atoms with van der Waals surface area (Å²) in [6, 6.07) is 9.78. The molecule has 0 saturated heterocycles. The van der Waals surface area contributed by atoms with Gasteiger partial charge in [0.25, 0.3) is 0 Å². The summed E-state index contributed by atoms with van der Waals surface area (Å²) < 4.78 is 0. The van der Waals surface area contributed by atoms with Gasteiger partial charge in [0.05, 0.1) is 6.04 Å². The van der Waals surface area contributed by atoms with Crippen molar-refractivity contribution in [3.8, 4) is 0 Å². The quantitative estimate of drug-likeness (QED) is 0.848. The molecule has 1 aromatic carbocycles. The first-order valence-corrected chi connectivity index (χ1v) is 6.16. The molecule has 0 heterocycles. The molecule has 1 amide bonds. The van der Waals surface area contributed by atoms with E-state index in [-0.39, 0.29) is 18.0 Å². The highest BCUT2D eigenvalue weighted by Crippen LogP contribution is 2.10. The van der Waals surface area contributed by atoms with Gasteiger partial charge in [0.15, 0.2) is 0 Å². The van der Waals surface area contributed by atoms with Crippen molar-refractivity contribution in [1.29, 1.82) is 0 Å². The van der Waals surface area contributed by atoms with Crippen LogP contribution < -0.4 is 5.73 Å². The molecule has 1 atom stereocenters. The molecule has 0 aliphatic carbocycles. The second-order valence-electron chi connectivity index (χ2n) is 4.56. The molecular formula is C14H22N2O. The first-order chi connectivity index (χ1) is 8.06. The Bertz CT molecular complexity index is 348. The van der Waals surface area contributed by atoms with Crippen molar-refractivity contribution in [3.05, 3.63) is 35.9 Å². The van der Waals surface area contributed by atoms with Gasteiger partial charge in [-0.05, 0) is 25.8 Å². The zero-order chi connectivity index (χ0) is 12.8. The summed E-state index contributed by atoms with van der Waals surface area (Å²) in [6.07, 6.45) is 0.677. The molecule has 0 aromatic heterocycles. The summed E-state index contributed by atoms with van der Waals surface area (Å²) in [7, 11) is 0. The second kappa shape index (κ2) is 6.40. The van der Waals surface area contributed by atoms with Crippen LogP contribution in [0.3, 0.4) is 0 Å². The Labute approximate surface area is 104 Å². The number of hydrogen-bond donors (Lipinski definition) is 1. The molecule has 3 nitrogen and oxygen atoms in total. The van der Waals surface area contributed by atoms with Crippen LogP contribution in [-0.4, -0.2) is 22.9 Å². The fourth-order valence-corrected chi connectivity index (χ4v) is 1.68. The van der Waals surface area contributed by atoms with Gasteiger partial charge in [0.1, 0.15) is 0 Å². The normalized spacial score (nSPS) is 12.5. The summed E-state index contributed by atoms with van der Waals surface area (Å²) in [5.74, 6) is 0.0337. The minimum Gasteiger partial charge on any atom is -0.335 e. The van der Waals surface area contributed by atoms with Gasteiger partial charge in [0, 0.05) is 12.6 Å². The van der Waals surface area contributed by atoms with Gasteiger partial charge >= 0.3 is 0 Å². The first-order valence-electron chi connectivity index (χ1n) is 6.16. The molecule has 0 aliphatic rings. The number of hydrogen-bond acceptors (Lipinski definition) is 2. The van der Waals surface area contributed by atoms with Crippen LogP contribution in [0.1, 0.15) is 32.8 Å². The van der Waals surface area contributed by atoms with Gasteiger partial charge in [-0.1, -0.05) is 37.3 Å². The van der Waals surface area contributed by atoms with E-state index in [1.807, 2.05) is 56.0 Å². The lowest BCUT2D eigenvalue weighted by atomic mass is 10.1. The van der Waals surface area contributed by atoms with Crippen molar-refractivity contribution in [2.45, 2.75) is 45.8 Å². The Balaban J connectivity index is 2.77. The van der Waals surface area contributed by atoms with Crippen molar-refractivity contribution < 1.29 is 4.79 Å². The summed E-state index contributed by atoms with van der Waals surface area (Å²) in [6.45, 7) is 6.60. The van der Waals surface area contributed by atoms with Crippen LogP contribution in [0, 0.1) is 0 Å². The maximum Gasteiger partial charge on any atom is 0.240 e. The van der Waals surface area contributed by atoms with Crippen LogP contribution in [0.25, 0.3) is 0 Å². The van der Waals surface area contributed by atoms with Crippen LogP contribution in [0.15, 0.2) is 30.3 Å². The second-order valence-corrected chi connectivity index (χ2v) is 4.56. The van der Waals surface area contributed by atoms with Gasteiger partial charge < -0.3 is 10.6 Å². The van der Waals surface area contributed by atoms with Crippen molar-refractivity contribution in [2.75, 3.05) is 0 Å². The Morgan fingerprint density at radius 2 is 1.88 bits per heavy atom. The molecule has 1 rings (SSSR count). The Morgan fingerprint density at radius 1 is 1.29 bits per heavy atom. The lowest BCUT2D eigenvalue weighted by molar-refractivity contribution is -0.135. The van der Waals surface area contributed by atoms with Crippen LogP contribution >= 0.6 is 0 Å². The predicted molar refractivity (Wildman–Crippen MR) is 70.4 cm³/mol. The zero-order valence-electron chi connectivity index (χ0n) is 10.9. The van der Waals surface area contributed by atoms with Crippen LogP contribution in [-0.2, 0) is 11.3 Å². The third kappa shape index (κ3) is 3.86. The van der Waals surface area contributed by atoms with Crippen molar-refractivity contribution in [1.82, 2.24) is 4.90 Å². The van der Waals surface area contributed by atoms with Gasteiger partial charge in [-0.15, -0.1) is 0 Å². The van der Waals surface area contributed by atoms with E-state index in [0.717, 1.165) is 5.56 Å². The van der Waals surface area contributed by atoms with E-state index in [1.54, 1.807) is 0 Å². The molecule has 0 unspecified atom stereocenters. The molecule has 0 fully saturated rings. The molecule has 0 aliphatic heterocycles. The smallest absolute Gasteiger partial charge is 0.240 e. The van der Waals surface area contributed by atoms with Crippen LogP contribution in [0.4, 0.5) is 0 Å². The highest BCUT2D eigenvalue weighted by atomic mass is 16.2. The van der Waals surface area contributed by atoms with E-state index < -0.39 is 0 Å². The molecule has 0 spiro atoms. The van der Waals surface area contributed by atoms with E-state index >= 15 is 0 Å². The number of amides is 1. The Morgan fingerprint density at radius 3 is 2.35 bits per heavy atom. The lowest BCUT2D eigenvalue weighted by Gasteiger charge is -2.29. The molecule has 2 N–H and O–H groups in total. The van der Waals surface area contributed by atoms with Gasteiger partial charge in [-0.2, -0.15) is 0 Å².